The number of nitrogens with zero attached hydrogens (tertiary/aromatic N) is 1. The molecule has 4 aromatic rings. The number of para-hydroxylation sites is 1. The maximum absolute atomic E-state index is 12.3. The Morgan fingerprint density at radius 3 is 2.45 bits per heavy atom. The average Bonchev–Trinajstić information content (AvgIpc) is 3.39. The zero-order valence-electron chi connectivity index (χ0n) is 15.8. The van der Waals surface area contributed by atoms with Gasteiger partial charge in [-0.05, 0) is 48.5 Å². The van der Waals surface area contributed by atoms with E-state index in [9.17, 15) is 18.0 Å². The minimum atomic E-state index is -3.81. The van der Waals surface area contributed by atoms with Gasteiger partial charge in [0, 0.05) is 5.69 Å². The van der Waals surface area contributed by atoms with Crippen LogP contribution in [0.1, 0.15) is 9.67 Å². The second-order valence-corrected chi connectivity index (χ2v) is 10.0. The SMILES string of the molecule is NS(=O)(=O)c1ccc(NC(=O)COC(=O)c2ccc(-c3nc4ccccc4s3)s2)cc1. The zero-order valence-corrected chi connectivity index (χ0v) is 18.2. The number of rotatable bonds is 6. The number of fused-ring (bicyclic) bond motifs is 1. The van der Waals surface area contributed by atoms with Crippen LogP contribution in [0.5, 0.6) is 0 Å². The van der Waals surface area contributed by atoms with Gasteiger partial charge in [-0.1, -0.05) is 12.1 Å². The van der Waals surface area contributed by atoms with Crippen LogP contribution in [0.25, 0.3) is 20.1 Å². The van der Waals surface area contributed by atoms with Gasteiger partial charge in [-0.15, -0.1) is 22.7 Å². The molecule has 158 valence electrons. The highest BCUT2D eigenvalue weighted by Crippen LogP contribution is 2.34. The van der Waals surface area contributed by atoms with Gasteiger partial charge in [0.2, 0.25) is 10.0 Å². The molecule has 1 amide bonds. The lowest BCUT2D eigenvalue weighted by Crippen LogP contribution is -2.20. The van der Waals surface area contributed by atoms with Crippen molar-refractivity contribution in [3.8, 4) is 9.88 Å². The van der Waals surface area contributed by atoms with Gasteiger partial charge in [-0.25, -0.2) is 23.3 Å². The van der Waals surface area contributed by atoms with Crippen LogP contribution in [0.4, 0.5) is 5.69 Å². The van der Waals surface area contributed by atoms with E-state index in [1.165, 1.54) is 46.9 Å². The molecule has 0 radical (unpaired) electrons. The highest BCUT2D eigenvalue weighted by molar-refractivity contribution is 7.89. The van der Waals surface area contributed by atoms with E-state index in [0.29, 0.717) is 10.6 Å². The molecule has 11 heteroatoms. The number of primary sulfonamides is 1. The van der Waals surface area contributed by atoms with Gasteiger partial charge in [0.25, 0.3) is 5.91 Å². The molecule has 2 aromatic carbocycles. The van der Waals surface area contributed by atoms with Crippen molar-refractivity contribution in [1.29, 1.82) is 0 Å². The number of sulfonamides is 1. The summed E-state index contributed by atoms with van der Waals surface area (Å²) in [5.41, 5.74) is 1.25. The second kappa shape index (κ2) is 8.55. The van der Waals surface area contributed by atoms with Crippen molar-refractivity contribution in [2.45, 2.75) is 4.90 Å². The number of hydrogen-bond acceptors (Lipinski definition) is 8. The number of hydrogen-bond donors (Lipinski definition) is 2. The van der Waals surface area contributed by atoms with Crippen LogP contribution >= 0.6 is 22.7 Å². The Hall–Kier alpha value is -3.12. The zero-order chi connectivity index (χ0) is 22.0. The van der Waals surface area contributed by atoms with Crippen LogP contribution in [0.3, 0.4) is 0 Å². The van der Waals surface area contributed by atoms with Crippen molar-refractivity contribution in [2.75, 3.05) is 11.9 Å². The van der Waals surface area contributed by atoms with Crippen molar-refractivity contribution in [3.05, 3.63) is 65.5 Å². The van der Waals surface area contributed by atoms with Gasteiger partial charge in [0.05, 0.1) is 20.0 Å². The van der Waals surface area contributed by atoms with E-state index in [0.717, 1.165) is 20.1 Å². The van der Waals surface area contributed by atoms with E-state index < -0.39 is 28.5 Å². The Kier molecular flexibility index (Phi) is 5.83. The third-order valence-corrected chi connectivity index (χ3v) is 7.31. The summed E-state index contributed by atoms with van der Waals surface area (Å²) in [7, 11) is -3.81. The number of benzene rings is 2. The second-order valence-electron chi connectivity index (χ2n) is 6.34. The monoisotopic (exact) mass is 473 g/mol. The molecule has 0 aliphatic rings. The molecular formula is C20H15N3O5S3. The van der Waals surface area contributed by atoms with Crippen LogP contribution in [0, 0.1) is 0 Å². The minimum Gasteiger partial charge on any atom is -0.451 e. The number of esters is 1. The van der Waals surface area contributed by atoms with Gasteiger partial charge in [0.15, 0.2) is 6.61 Å². The molecule has 2 aromatic heterocycles. The van der Waals surface area contributed by atoms with Gasteiger partial charge < -0.3 is 10.1 Å². The molecule has 31 heavy (non-hydrogen) atoms. The Bertz CT molecular complexity index is 1340. The number of anilines is 1. The van der Waals surface area contributed by atoms with Crippen LogP contribution in [-0.4, -0.2) is 31.9 Å². The smallest absolute Gasteiger partial charge is 0.348 e. The number of aromatic nitrogens is 1. The molecule has 0 atom stereocenters. The maximum Gasteiger partial charge on any atom is 0.348 e. The molecule has 2 heterocycles. The maximum atomic E-state index is 12.3. The largest absolute Gasteiger partial charge is 0.451 e. The van der Waals surface area contributed by atoms with Gasteiger partial charge in [-0.3, -0.25) is 4.79 Å². The predicted molar refractivity (Wildman–Crippen MR) is 120 cm³/mol. The Morgan fingerprint density at radius 1 is 1.00 bits per heavy atom. The molecule has 0 bridgehead atoms. The third-order valence-electron chi connectivity index (χ3n) is 4.11. The van der Waals surface area contributed by atoms with E-state index in [1.807, 2.05) is 24.3 Å². The Balaban J connectivity index is 1.35. The molecule has 0 aliphatic carbocycles. The number of nitrogens with one attached hydrogen (secondary N) is 1. The highest BCUT2D eigenvalue weighted by Gasteiger charge is 2.16. The average molecular weight is 474 g/mol. The van der Waals surface area contributed by atoms with Gasteiger partial charge in [0.1, 0.15) is 9.88 Å². The first-order valence-corrected chi connectivity index (χ1v) is 12.0. The molecular weight excluding hydrogens is 458 g/mol. The van der Waals surface area contributed by atoms with Crippen molar-refractivity contribution in [3.63, 3.8) is 0 Å². The van der Waals surface area contributed by atoms with E-state index in [2.05, 4.69) is 10.3 Å². The highest BCUT2D eigenvalue weighted by atomic mass is 32.2. The summed E-state index contributed by atoms with van der Waals surface area (Å²) >= 11 is 2.78. The first kappa shape index (κ1) is 21.1. The lowest BCUT2D eigenvalue weighted by atomic mass is 10.3. The summed E-state index contributed by atoms with van der Waals surface area (Å²) in [4.78, 5) is 30.0. The normalized spacial score (nSPS) is 11.4. The number of carbonyl (C=O) groups is 2. The fraction of sp³-hybridized carbons (Fsp3) is 0.0500. The molecule has 0 fully saturated rings. The number of ether oxygens (including phenoxy) is 1. The summed E-state index contributed by atoms with van der Waals surface area (Å²) in [6.07, 6.45) is 0. The Labute approximate surface area is 185 Å². The molecule has 3 N–H and O–H groups in total. The fourth-order valence-corrected chi connectivity index (χ4v) is 5.10. The quantitative estimate of drug-likeness (QED) is 0.413. The number of thiazole rings is 1. The third kappa shape index (κ3) is 4.97. The summed E-state index contributed by atoms with van der Waals surface area (Å²) in [6.45, 7) is -0.482. The van der Waals surface area contributed by atoms with Crippen molar-refractivity contribution < 1.29 is 22.7 Å². The van der Waals surface area contributed by atoms with Gasteiger partial charge in [-0.2, -0.15) is 0 Å². The summed E-state index contributed by atoms with van der Waals surface area (Å²) in [6, 6.07) is 16.5. The molecule has 0 spiro atoms. The van der Waals surface area contributed by atoms with Crippen molar-refractivity contribution >= 4 is 60.5 Å². The first-order valence-electron chi connectivity index (χ1n) is 8.85. The predicted octanol–water partition coefficient (Wildman–Crippen LogP) is 3.47. The standard InChI is InChI=1S/C20H15N3O5S3/c21-31(26,27)13-7-5-12(6-8-13)22-18(24)11-28-20(25)17-10-9-16(29-17)19-23-14-3-1-2-4-15(14)30-19/h1-10H,11H2,(H,22,24)(H2,21,26,27). The summed E-state index contributed by atoms with van der Waals surface area (Å²) in [5.74, 6) is -1.17. The number of amides is 1. The lowest BCUT2D eigenvalue weighted by molar-refractivity contribution is -0.119. The molecule has 4 rings (SSSR count). The molecule has 0 unspecified atom stereocenters. The van der Waals surface area contributed by atoms with Crippen molar-refractivity contribution in [2.24, 2.45) is 5.14 Å². The van der Waals surface area contributed by atoms with Crippen LogP contribution in [-0.2, 0) is 19.6 Å². The first-order chi connectivity index (χ1) is 14.8. The summed E-state index contributed by atoms with van der Waals surface area (Å²) in [5, 5.41) is 8.36. The van der Waals surface area contributed by atoms with Crippen LogP contribution in [0.2, 0.25) is 0 Å². The summed E-state index contributed by atoms with van der Waals surface area (Å²) < 4.78 is 28.6. The number of thiophene rings is 1. The van der Waals surface area contributed by atoms with E-state index >= 15 is 0 Å². The molecule has 0 saturated carbocycles. The van der Waals surface area contributed by atoms with Crippen molar-refractivity contribution in [1.82, 2.24) is 4.98 Å². The number of carbonyl (C=O) groups excluding carboxylic acids is 2. The minimum absolute atomic E-state index is 0.0708. The van der Waals surface area contributed by atoms with Gasteiger partial charge >= 0.3 is 5.97 Å². The molecule has 8 nitrogen and oxygen atoms in total. The fourth-order valence-electron chi connectivity index (χ4n) is 2.67. The van der Waals surface area contributed by atoms with E-state index in [4.69, 9.17) is 9.88 Å². The Morgan fingerprint density at radius 2 is 1.74 bits per heavy atom. The molecule has 0 aliphatic heterocycles. The topological polar surface area (TPSA) is 128 Å². The van der Waals surface area contributed by atoms with Crippen LogP contribution in [0.15, 0.2) is 65.6 Å². The van der Waals surface area contributed by atoms with E-state index in [-0.39, 0.29) is 4.90 Å². The molecule has 0 saturated heterocycles. The van der Waals surface area contributed by atoms with Crippen LogP contribution < -0.4 is 10.5 Å². The number of nitrogens with two attached hydrogens (primary N) is 1. The lowest BCUT2D eigenvalue weighted by Gasteiger charge is -2.06. The van der Waals surface area contributed by atoms with E-state index in [1.54, 1.807) is 12.1 Å².